The molecule has 1 amide bonds. The van der Waals surface area contributed by atoms with Gasteiger partial charge in [-0.2, -0.15) is 0 Å². The molecule has 0 saturated carbocycles. The lowest BCUT2D eigenvalue weighted by Gasteiger charge is -2.51. The molecule has 2 bridgehead atoms. The summed E-state index contributed by atoms with van der Waals surface area (Å²) in [5.74, 6) is 1.06. The van der Waals surface area contributed by atoms with Gasteiger partial charge in [-0.25, -0.2) is 4.79 Å². The predicted octanol–water partition coefficient (Wildman–Crippen LogP) is 5.34. The zero-order valence-electron chi connectivity index (χ0n) is 23.1. The highest BCUT2D eigenvalue weighted by Gasteiger charge is 2.44. The van der Waals surface area contributed by atoms with E-state index in [1.807, 2.05) is 51.2 Å². The summed E-state index contributed by atoms with van der Waals surface area (Å²) in [5, 5.41) is 4.00. The van der Waals surface area contributed by atoms with Gasteiger partial charge in [0.25, 0.3) is 0 Å². The lowest BCUT2D eigenvalue weighted by atomic mass is 9.73. The monoisotopic (exact) mass is 541 g/mol. The Kier molecular flexibility index (Phi) is 10.3. The number of carbonyl (C=O) groups excluding carboxylic acids is 1. The number of carbonyl (C=O) groups is 1. The van der Waals surface area contributed by atoms with E-state index in [1.165, 1.54) is 0 Å². The van der Waals surface area contributed by atoms with Crippen LogP contribution in [0.25, 0.3) is 10.9 Å². The average molecular weight is 542 g/mol. The molecule has 3 saturated heterocycles. The van der Waals surface area contributed by atoms with Crippen molar-refractivity contribution >= 4 is 25.8 Å². The molecule has 2 aromatic rings. The molecule has 1 N–H and O–H groups in total. The Labute approximate surface area is 228 Å². The summed E-state index contributed by atoms with van der Waals surface area (Å²) < 4.78 is 24.1. The second kappa shape index (κ2) is 13.7. The van der Waals surface area contributed by atoms with Crippen LogP contribution >= 0.6 is 0 Å². The minimum Gasteiger partial charge on any atom is -0.440 e. The molecule has 0 radical (unpaired) electrons. The van der Waals surface area contributed by atoms with Crippen molar-refractivity contribution in [3.05, 3.63) is 54.7 Å². The Morgan fingerprint density at radius 3 is 2.58 bits per heavy atom. The number of amides is 1. The summed E-state index contributed by atoms with van der Waals surface area (Å²) in [5.41, 5.74) is 1.91. The number of pyridine rings is 1. The number of rotatable bonds is 14. The Hall–Kier alpha value is -2.30. The Morgan fingerprint density at radius 1 is 1.18 bits per heavy atom. The quantitative estimate of drug-likeness (QED) is 0.196. The molecule has 4 heterocycles. The second-order valence-electron chi connectivity index (χ2n) is 10.0. The molecule has 3 aliphatic rings. The van der Waals surface area contributed by atoms with Gasteiger partial charge in [0.15, 0.2) is 0 Å². The van der Waals surface area contributed by atoms with E-state index in [-0.39, 0.29) is 12.1 Å². The van der Waals surface area contributed by atoms with Gasteiger partial charge in [0.1, 0.15) is 6.10 Å². The zero-order valence-corrected chi connectivity index (χ0v) is 24.1. The molecule has 5 rings (SSSR count). The Morgan fingerprint density at radius 2 is 1.92 bits per heavy atom. The number of para-hydroxylation sites is 1. The standard InChI is InChI=1S/C29H43N3O5Si/c1-5-22-21-32-18-15-23(22)20-27(32)28(25-14-17-30-26-13-10-9-12-24(25)26)37-29(33)31-16-11-19-38(34-6-2,35-7-3)36-8-4/h5,9-10,12-14,17,22-23,27-28H,1,6-8,11,15-16,18-21H2,2-4H3,(H,31,33). The lowest BCUT2D eigenvalue weighted by molar-refractivity contribution is -0.0497. The molecule has 1 aromatic heterocycles. The molecule has 5 atom stereocenters. The summed E-state index contributed by atoms with van der Waals surface area (Å²) in [6.45, 7) is 13.9. The summed E-state index contributed by atoms with van der Waals surface area (Å²) in [7, 11) is -2.74. The number of piperidine rings is 3. The number of ether oxygens (including phenoxy) is 1. The summed E-state index contributed by atoms with van der Waals surface area (Å²) in [6.07, 6.45) is 5.94. The van der Waals surface area contributed by atoms with E-state index < -0.39 is 14.9 Å². The van der Waals surface area contributed by atoms with Crippen molar-refractivity contribution in [1.29, 1.82) is 0 Å². The maximum atomic E-state index is 13.2. The van der Waals surface area contributed by atoms with Crippen LogP contribution in [0.5, 0.6) is 0 Å². The normalized spacial score (nSPS) is 23.8. The molecule has 38 heavy (non-hydrogen) atoms. The number of fused-ring (bicyclic) bond motifs is 4. The summed E-state index contributed by atoms with van der Waals surface area (Å²) in [4.78, 5) is 20.2. The van der Waals surface area contributed by atoms with Crippen molar-refractivity contribution in [2.24, 2.45) is 11.8 Å². The molecule has 3 aliphatic heterocycles. The highest BCUT2D eigenvalue weighted by atomic mass is 28.4. The van der Waals surface area contributed by atoms with Crippen LogP contribution in [0.2, 0.25) is 6.04 Å². The predicted molar refractivity (Wildman–Crippen MR) is 151 cm³/mol. The van der Waals surface area contributed by atoms with Crippen LogP contribution < -0.4 is 5.32 Å². The van der Waals surface area contributed by atoms with Gasteiger partial charge in [-0.15, -0.1) is 6.58 Å². The number of nitrogens with zero attached hydrogens (tertiary/aromatic N) is 2. The minimum atomic E-state index is -2.74. The van der Waals surface area contributed by atoms with E-state index in [0.29, 0.717) is 50.7 Å². The van der Waals surface area contributed by atoms with Gasteiger partial charge < -0.3 is 23.3 Å². The smallest absolute Gasteiger partial charge is 0.440 e. The molecule has 9 heteroatoms. The molecule has 208 valence electrons. The third-order valence-electron chi connectivity index (χ3n) is 7.75. The number of alkyl carbamates (subject to hydrolysis) is 1. The van der Waals surface area contributed by atoms with E-state index in [0.717, 1.165) is 42.4 Å². The van der Waals surface area contributed by atoms with Gasteiger partial charge in [-0.3, -0.25) is 9.88 Å². The Bertz CT molecular complexity index is 1050. The molecular weight excluding hydrogens is 498 g/mol. The van der Waals surface area contributed by atoms with E-state index in [1.54, 1.807) is 0 Å². The first-order valence-corrected chi connectivity index (χ1v) is 16.0. The van der Waals surface area contributed by atoms with Crippen LogP contribution in [-0.4, -0.2) is 70.3 Å². The lowest BCUT2D eigenvalue weighted by Crippen LogP contribution is -2.55. The number of benzene rings is 1. The van der Waals surface area contributed by atoms with Crippen LogP contribution in [0, 0.1) is 11.8 Å². The second-order valence-corrected chi connectivity index (χ2v) is 12.7. The fraction of sp³-hybridized carbons (Fsp3) is 0.586. The van der Waals surface area contributed by atoms with Gasteiger partial charge in [0.05, 0.1) is 11.6 Å². The maximum Gasteiger partial charge on any atom is 0.500 e. The molecule has 1 aromatic carbocycles. The van der Waals surface area contributed by atoms with Crippen LogP contribution in [0.3, 0.4) is 0 Å². The average Bonchev–Trinajstić information content (AvgIpc) is 2.94. The zero-order chi connectivity index (χ0) is 27.0. The maximum absolute atomic E-state index is 13.2. The van der Waals surface area contributed by atoms with E-state index in [4.69, 9.17) is 18.0 Å². The van der Waals surface area contributed by atoms with E-state index in [2.05, 4.69) is 33.9 Å². The highest BCUT2D eigenvalue weighted by molar-refractivity contribution is 6.60. The molecule has 0 aliphatic carbocycles. The van der Waals surface area contributed by atoms with Crippen LogP contribution in [0.4, 0.5) is 4.79 Å². The van der Waals surface area contributed by atoms with Crippen LogP contribution in [-0.2, 0) is 18.0 Å². The molecular formula is C29H43N3O5Si. The third-order valence-corrected chi connectivity index (χ3v) is 10.9. The van der Waals surface area contributed by atoms with Crippen molar-refractivity contribution in [3.8, 4) is 0 Å². The van der Waals surface area contributed by atoms with Crippen LogP contribution in [0.1, 0.15) is 51.7 Å². The molecule has 3 fully saturated rings. The van der Waals surface area contributed by atoms with Crippen molar-refractivity contribution in [1.82, 2.24) is 15.2 Å². The molecule has 0 spiro atoms. The number of nitrogens with one attached hydrogen (secondary N) is 1. The van der Waals surface area contributed by atoms with Crippen molar-refractivity contribution in [2.45, 2.75) is 58.2 Å². The topological polar surface area (TPSA) is 82.2 Å². The first-order valence-electron chi connectivity index (χ1n) is 14.1. The van der Waals surface area contributed by atoms with Gasteiger partial charge in [-0.05, 0) is 70.5 Å². The third kappa shape index (κ3) is 6.63. The van der Waals surface area contributed by atoms with Gasteiger partial charge in [0, 0.05) is 56.1 Å². The van der Waals surface area contributed by atoms with Gasteiger partial charge in [-0.1, -0.05) is 24.3 Å². The summed E-state index contributed by atoms with van der Waals surface area (Å²) >= 11 is 0. The summed E-state index contributed by atoms with van der Waals surface area (Å²) in [6, 6.07) is 10.8. The number of hydrogen-bond acceptors (Lipinski definition) is 7. The van der Waals surface area contributed by atoms with E-state index in [9.17, 15) is 4.79 Å². The number of aromatic nitrogens is 1. The van der Waals surface area contributed by atoms with Crippen molar-refractivity contribution in [3.63, 3.8) is 0 Å². The number of hydrogen-bond donors (Lipinski definition) is 1. The Balaban J connectivity index is 1.46. The van der Waals surface area contributed by atoms with Crippen molar-refractivity contribution < 1.29 is 22.8 Å². The highest BCUT2D eigenvalue weighted by Crippen LogP contribution is 2.43. The van der Waals surface area contributed by atoms with Gasteiger partial charge >= 0.3 is 14.9 Å². The minimum absolute atomic E-state index is 0.121. The SMILES string of the molecule is C=CC1CN2CCC1CC2C(OC(=O)NCCC[Si](OCC)(OCC)OCC)c1ccnc2ccccc12. The van der Waals surface area contributed by atoms with Crippen LogP contribution in [0.15, 0.2) is 49.2 Å². The largest absolute Gasteiger partial charge is 0.500 e. The fourth-order valence-electron chi connectivity index (χ4n) is 6.06. The first kappa shape index (κ1) is 28.7. The first-order chi connectivity index (χ1) is 18.5. The van der Waals surface area contributed by atoms with Gasteiger partial charge in [0.2, 0.25) is 0 Å². The molecule has 5 unspecified atom stereocenters. The van der Waals surface area contributed by atoms with Crippen molar-refractivity contribution in [2.75, 3.05) is 39.5 Å². The van der Waals surface area contributed by atoms with E-state index >= 15 is 0 Å². The molecule has 8 nitrogen and oxygen atoms in total. The fourth-order valence-corrected chi connectivity index (χ4v) is 8.67.